The third kappa shape index (κ3) is 5.70. The fourth-order valence-corrected chi connectivity index (χ4v) is 3.20. The molecule has 0 bridgehead atoms. The van der Waals surface area contributed by atoms with Gasteiger partial charge in [-0.15, -0.1) is 5.10 Å². The van der Waals surface area contributed by atoms with E-state index in [0.29, 0.717) is 11.3 Å². The van der Waals surface area contributed by atoms with Gasteiger partial charge in [0.15, 0.2) is 18.1 Å². The Bertz CT molecular complexity index is 1380. The van der Waals surface area contributed by atoms with Crippen molar-refractivity contribution in [2.45, 2.75) is 6.92 Å². The number of hydrogen-bond acceptors (Lipinski definition) is 9. The minimum atomic E-state index is -0.871. The van der Waals surface area contributed by atoms with Gasteiger partial charge in [-0.05, 0) is 41.6 Å². The van der Waals surface area contributed by atoms with Gasteiger partial charge in [-0.3, -0.25) is 4.79 Å². The highest BCUT2D eigenvalue weighted by Crippen LogP contribution is 2.21. The predicted octanol–water partition coefficient (Wildman–Crippen LogP) is 3.29. The molecule has 0 aliphatic rings. The summed E-state index contributed by atoms with van der Waals surface area (Å²) < 4.78 is 16.8. The fourth-order valence-electron chi connectivity index (χ4n) is 3.20. The summed E-state index contributed by atoms with van der Waals surface area (Å²) in [5, 5.41) is 14.2. The van der Waals surface area contributed by atoms with Gasteiger partial charge in [0.05, 0.1) is 24.1 Å². The molecule has 0 saturated carbocycles. The Morgan fingerprint density at radius 2 is 1.78 bits per heavy atom. The molecule has 182 valence electrons. The molecule has 2 heterocycles. The summed E-state index contributed by atoms with van der Waals surface area (Å²) >= 11 is 0. The molecule has 0 unspecified atom stereocenters. The zero-order chi connectivity index (χ0) is 25.3. The zero-order valence-corrected chi connectivity index (χ0v) is 19.2. The Labute approximate surface area is 205 Å². The molecule has 1 amide bonds. The van der Waals surface area contributed by atoms with Gasteiger partial charge in [-0.1, -0.05) is 42.5 Å². The molecule has 0 aliphatic heterocycles. The van der Waals surface area contributed by atoms with Crippen LogP contribution in [0.5, 0.6) is 0 Å². The Hall–Kier alpha value is -5.06. The first kappa shape index (κ1) is 24.1. The molecular weight excluding hydrogens is 466 g/mol. The van der Waals surface area contributed by atoms with Gasteiger partial charge in [-0.2, -0.15) is 4.68 Å². The first-order chi connectivity index (χ1) is 17.6. The summed E-state index contributed by atoms with van der Waals surface area (Å²) in [6, 6.07) is 18.7. The Balaban J connectivity index is 1.53. The number of amides is 1. The highest BCUT2D eigenvalue weighted by atomic mass is 16.5. The molecule has 0 spiro atoms. The summed E-state index contributed by atoms with van der Waals surface area (Å²) in [5.74, 6) is -1.47. The van der Waals surface area contributed by atoms with Crippen LogP contribution < -0.4 is 5.32 Å². The lowest BCUT2D eigenvalue weighted by atomic mass is 10.2. The van der Waals surface area contributed by atoms with E-state index in [2.05, 4.69) is 20.8 Å². The number of tetrazole rings is 1. The van der Waals surface area contributed by atoms with Crippen LogP contribution in [0.1, 0.15) is 23.0 Å². The van der Waals surface area contributed by atoms with Gasteiger partial charge >= 0.3 is 11.9 Å². The first-order valence-electron chi connectivity index (χ1n) is 10.9. The SMILES string of the molecule is CCOC(=O)c1ccccc1NC(=O)COC(=O)/C(=C\c1ccco1)n1nnnc1-c1ccccc1. The Kier molecular flexibility index (Phi) is 7.61. The molecule has 36 heavy (non-hydrogen) atoms. The van der Waals surface area contributed by atoms with Crippen LogP contribution in [-0.4, -0.2) is 51.3 Å². The lowest BCUT2D eigenvalue weighted by molar-refractivity contribution is -0.141. The van der Waals surface area contributed by atoms with Crippen LogP contribution in [0.3, 0.4) is 0 Å². The van der Waals surface area contributed by atoms with E-state index < -0.39 is 24.5 Å². The van der Waals surface area contributed by atoms with Crippen molar-refractivity contribution in [3.05, 3.63) is 84.3 Å². The number of para-hydroxylation sites is 1. The Morgan fingerprint density at radius 1 is 1.00 bits per heavy atom. The molecule has 0 saturated heterocycles. The van der Waals surface area contributed by atoms with Crippen molar-refractivity contribution in [1.29, 1.82) is 0 Å². The second kappa shape index (κ2) is 11.4. The number of furan rings is 1. The number of nitrogens with zero attached hydrogens (tertiary/aromatic N) is 4. The van der Waals surface area contributed by atoms with Crippen molar-refractivity contribution in [3.8, 4) is 11.4 Å². The number of hydrogen-bond donors (Lipinski definition) is 1. The topological polar surface area (TPSA) is 138 Å². The van der Waals surface area contributed by atoms with Crippen LogP contribution >= 0.6 is 0 Å². The van der Waals surface area contributed by atoms with E-state index in [0.717, 1.165) is 0 Å². The van der Waals surface area contributed by atoms with Crippen molar-refractivity contribution in [3.63, 3.8) is 0 Å². The van der Waals surface area contributed by atoms with E-state index in [9.17, 15) is 14.4 Å². The average Bonchev–Trinajstić information content (AvgIpc) is 3.59. The number of anilines is 1. The van der Waals surface area contributed by atoms with Crippen molar-refractivity contribution in [1.82, 2.24) is 20.2 Å². The molecular formula is C25H21N5O6. The number of benzene rings is 2. The van der Waals surface area contributed by atoms with E-state index in [4.69, 9.17) is 13.9 Å². The van der Waals surface area contributed by atoms with Gasteiger partial charge in [0.1, 0.15) is 5.76 Å². The van der Waals surface area contributed by atoms with E-state index in [1.807, 2.05) is 6.07 Å². The number of nitrogens with one attached hydrogen (secondary N) is 1. The van der Waals surface area contributed by atoms with E-state index in [1.54, 1.807) is 61.5 Å². The lowest BCUT2D eigenvalue weighted by Gasteiger charge is -2.12. The van der Waals surface area contributed by atoms with Gasteiger partial charge in [0.2, 0.25) is 0 Å². The molecule has 2 aromatic heterocycles. The van der Waals surface area contributed by atoms with Crippen molar-refractivity contribution >= 4 is 35.3 Å². The number of carbonyl (C=O) groups is 3. The van der Waals surface area contributed by atoms with Crippen molar-refractivity contribution in [2.75, 3.05) is 18.5 Å². The molecule has 4 rings (SSSR count). The maximum absolute atomic E-state index is 13.1. The maximum Gasteiger partial charge on any atom is 0.357 e. The molecule has 11 nitrogen and oxygen atoms in total. The number of rotatable bonds is 9. The second-order valence-corrected chi connectivity index (χ2v) is 7.22. The summed E-state index contributed by atoms with van der Waals surface area (Å²) in [5.41, 5.74) is 0.997. The van der Waals surface area contributed by atoms with Crippen LogP contribution in [0.15, 0.2) is 77.4 Å². The second-order valence-electron chi connectivity index (χ2n) is 7.22. The van der Waals surface area contributed by atoms with E-state index >= 15 is 0 Å². The lowest BCUT2D eigenvalue weighted by Crippen LogP contribution is -2.24. The molecule has 4 aromatic rings. The van der Waals surface area contributed by atoms with Crippen LogP contribution in [0, 0.1) is 0 Å². The number of aromatic nitrogens is 4. The number of esters is 2. The third-order valence-corrected chi connectivity index (χ3v) is 4.79. The smallest absolute Gasteiger partial charge is 0.357 e. The minimum Gasteiger partial charge on any atom is -0.465 e. The highest BCUT2D eigenvalue weighted by Gasteiger charge is 2.22. The van der Waals surface area contributed by atoms with E-state index in [1.165, 1.54) is 23.1 Å². The number of ether oxygens (including phenoxy) is 2. The minimum absolute atomic E-state index is 0.0754. The molecule has 0 aliphatic carbocycles. The highest BCUT2D eigenvalue weighted by molar-refractivity contribution is 6.16. The van der Waals surface area contributed by atoms with Crippen LogP contribution in [0.25, 0.3) is 23.2 Å². The Morgan fingerprint density at radius 3 is 2.53 bits per heavy atom. The molecule has 0 radical (unpaired) electrons. The summed E-state index contributed by atoms with van der Waals surface area (Å²) in [7, 11) is 0. The van der Waals surface area contributed by atoms with Crippen LogP contribution in [0.4, 0.5) is 5.69 Å². The molecule has 0 fully saturated rings. The molecule has 0 atom stereocenters. The summed E-state index contributed by atoms with van der Waals surface area (Å²) in [6.45, 7) is 1.24. The largest absolute Gasteiger partial charge is 0.465 e. The molecule has 1 N–H and O–H groups in total. The predicted molar refractivity (Wildman–Crippen MR) is 128 cm³/mol. The monoisotopic (exact) mass is 487 g/mol. The fraction of sp³-hybridized carbons (Fsp3) is 0.120. The normalized spacial score (nSPS) is 11.1. The van der Waals surface area contributed by atoms with Crippen molar-refractivity contribution in [2.24, 2.45) is 0 Å². The van der Waals surface area contributed by atoms with Gasteiger partial charge < -0.3 is 19.2 Å². The summed E-state index contributed by atoms with van der Waals surface area (Å²) in [6.07, 6.45) is 2.85. The van der Waals surface area contributed by atoms with E-state index in [-0.39, 0.29) is 29.4 Å². The quantitative estimate of drug-likeness (QED) is 0.278. The molecule has 11 heteroatoms. The maximum atomic E-state index is 13.1. The van der Waals surface area contributed by atoms with Crippen LogP contribution in [-0.2, 0) is 19.1 Å². The summed E-state index contributed by atoms with van der Waals surface area (Å²) in [4.78, 5) is 37.7. The van der Waals surface area contributed by atoms with Crippen molar-refractivity contribution < 1.29 is 28.3 Å². The van der Waals surface area contributed by atoms with Gasteiger partial charge in [0.25, 0.3) is 5.91 Å². The number of carbonyl (C=O) groups excluding carboxylic acids is 3. The van der Waals surface area contributed by atoms with Gasteiger partial charge in [-0.25, -0.2) is 9.59 Å². The standard InChI is InChI=1S/C25H21N5O6/c1-2-34-24(32)19-12-6-7-13-20(19)26-22(31)16-36-25(33)21(15-18-11-8-14-35-18)30-23(27-28-29-30)17-9-4-3-5-10-17/h3-15H,2,16H2,1H3,(H,26,31)/b21-15+. The van der Waals surface area contributed by atoms with Gasteiger partial charge in [0, 0.05) is 11.6 Å². The first-order valence-corrected chi connectivity index (χ1v) is 10.9. The third-order valence-electron chi connectivity index (χ3n) is 4.79. The zero-order valence-electron chi connectivity index (χ0n) is 19.2. The molecule has 2 aromatic carbocycles. The average molecular weight is 487 g/mol. The van der Waals surface area contributed by atoms with Crippen LogP contribution in [0.2, 0.25) is 0 Å².